The number of rotatable bonds is 6. The van der Waals surface area contributed by atoms with Crippen molar-refractivity contribution in [3.63, 3.8) is 0 Å². The summed E-state index contributed by atoms with van der Waals surface area (Å²) in [6, 6.07) is 21.3. The zero-order valence-electron chi connectivity index (χ0n) is 20.8. The van der Waals surface area contributed by atoms with Crippen LogP contribution < -0.4 is 20.5 Å². The molecule has 3 N–H and O–H groups in total. The van der Waals surface area contributed by atoms with Gasteiger partial charge in [0.1, 0.15) is 9.71 Å². The van der Waals surface area contributed by atoms with Crippen molar-refractivity contribution in [3.05, 3.63) is 89.3 Å². The molecular formula is C29H22F3N3O3S. The lowest BCUT2D eigenvalue weighted by molar-refractivity contribution is -0.137. The lowest BCUT2D eigenvalue weighted by Crippen LogP contribution is -2.13. The van der Waals surface area contributed by atoms with Crippen molar-refractivity contribution in [2.24, 2.45) is 0 Å². The molecule has 0 aliphatic heterocycles. The van der Waals surface area contributed by atoms with E-state index in [1.54, 1.807) is 13.2 Å². The van der Waals surface area contributed by atoms with Gasteiger partial charge >= 0.3 is 6.18 Å². The maximum atomic E-state index is 13.2. The molecule has 0 spiro atoms. The molecule has 0 atom stereocenters. The molecule has 198 valence electrons. The quantitative estimate of drug-likeness (QED) is 0.229. The molecule has 0 unspecified atom stereocenters. The lowest BCUT2D eigenvalue weighted by Gasteiger charge is -2.12. The van der Waals surface area contributed by atoms with Crippen LogP contribution in [0.5, 0.6) is 11.5 Å². The number of carbonyl (C=O) groups excluding carboxylic acids is 1. The van der Waals surface area contributed by atoms with Crippen LogP contribution in [0.2, 0.25) is 0 Å². The van der Waals surface area contributed by atoms with Crippen molar-refractivity contribution < 1.29 is 27.4 Å². The molecule has 0 aliphatic rings. The summed E-state index contributed by atoms with van der Waals surface area (Å²) in [5, 5.41) is 3.10. The molecule has 39 heavy (non-hydrogen) atoms. The molecule has 5 rings (SSSR count). The van der Waals surface area contributed by atoms with Gasteiger partial charge in [-0.3, -0.25) is 4.79 Å². The molecule has 2 heterocycles. The number of ether oxygens (including phenoxy) is 2. The average Bonchev–Trinajstić information content (AvgIpc) is 3.28. The van der Waals surface area contributed by atoms with E-state index >= 15 is 0 Å². The van der Waals surface area contributed by atoms with Gasteiger partial charge in [0, 0.05) is 16.6 Å². The van der Waals surface area contributed by atoms with E-state index in [-0.39, 0.29) is 16.3 Å². The number of thiophene rings is 1. The fourth-order valence-corrected chi connectivity index (χ4v) is 5.25. The van der Waals surface area contributed by atoms with Gasteiger partial charge in [0.15, 0.2) is 11.5 Å². The number of pyridine rings is 1. The summed E-state index contributed by atoms with van der Waals surface area (Å²) >= 11 is 1.07. The minimum Gasteiger partial charge on any atom is -0.493 e. The van der Waals surface area contributed by atoms with Crippen molar-refractivity contribution in [2.75, 3.05) is 25.3 Å². The third kappa shape index (κ3) is 5.10. The highest BCUT2D eigenvalue weighted by molar-refractivity contribution is 7.21. The van der Waals surface area contributed by atoms with E-state index in [1.165, 1.54) is 19.2 Å². The number of hydrogen-bond acceptors (Lipinski definition) is 6. The number of methoxy groups -OCH3 is 2. The fourth-order valence-electron chi connectivity index (χ4n) is 4.24. The summed E-state index contributed by atoms with van der Waals surface area (Å²) in [5.74, 6) is 0.432. The van der Waals surface area contributed by atoms with E-state index in [4.69, 9.17) is 20.2 Å². The summed E-state index contributed by atoms with van der Waals surface area (Å²) in [4.78, 5) is 18.7. The van der Waals surface area contributed by atoms with E-state index in [0.717, 1.165) is 34.6 Å². The highest BCUT2D eigenvalue weighted by atomic mass is 32.1. The third-order valence-electron chi connectivity index (χ3n) is 6.12. The molecule has 5 aromatic rings. The molecule has 0 aliphatic carbocycles. The van der Waals surface area contributed by atoms with Gasteiger partial charge < -0.3 is 20.5 Å². The van der Waals surface area contributed by atoms with E-state index in [2.05, 4.69) is 5.32 Å². The van der Waals surface area contributed by atoms with Gasteiger partial charge in [-0.1, -0.05) is 42.5 Å². The van der Waals surface area contributed by atoms with Crippen LogP contribution in [0.1, 0.15) is 15.2 Å². The number of alkyl halides is 3. The molecule has 6 nitrogen and oxygen atoms in total. The summed E-state index contributed by atoms with van der Waals surface area (Å²) in [6.07, 6.45) is -4.54. The first-order chi connectivity index (χ1) is 18.7. The van der Waals surface area contributed by atoms with Crippen LogP contribution in [0.4, 0.5) is 24.5 Å². The first-order valence-electron chi connectivity index (χ1n) is 11.7. The highest BCUT2D eigenvalue weighted by Gasteiger charge is 2.31. The maximum absolute atomic E-state index is 13.2. The summed E-state index contributed by atoms with van der Waals surface area (Å²) in [7, 11) is 3.08. The Bertz CT molecular complexity index is 1680. The number of nitrogens with two attached hydrogens (primary N) is 1. The van der Waals surface area contributed by atoms with Crippen molar-refractivity contribution >= 4 is 38.8 Å². The van der Waals surface area contributed by atoms with E-state index in [1.807, 2.05) is 48.5 Å². The predicted octanol–water partition coefficient (Wildman–Crippen LogP) is 7.50. The molecule has 0 bridgehead atoms. The molecule has 1 amide bonds. The molecule has 0 radical (unpaired) electrons. The van der Waals surface area contributed by atoms with Crippen LogP contribution in [-0.2, 0) is 6.18 Å². The van der Waals surface area contributed by atoms with Gasteiger partial charge in [-0.25, -0.2) is 4.98 Å². The Labute approximate surface area is 225 Å². The number of aromatic nitrogens is 1. The summed E-state index contributed by atoms with van der Waals surface area (Å²) in [5.41, 5.74) is 8.84. The van der Waals surface area contributed by atoms with Gasteiger partial charge in [-0.15, -0.1) is 11.3 Å². The molecule has 10 heteroatoms. The van der Waals surface area contributed by atoms with Gasteiger partial charge in [0.05, 0.1) is 31.2 Å². The normalized spacial score (nSPS) is 11.4. The second kappa shape index (κ2) is 10.3. The largest absolute Gasteiger partial charge is 0.493 e. The lowest BCUT2D eigenvalue weighted by atomic mass is 9.99. The third-order valence-corrected chi connectivity index (χ3v) is 7.22. The zero-order valence-corrected chi connectivity index (χ0v) is 21.6. The number of nitrogens with one attached hydrogen (secondary N) is 1. The van der Waals surface area contributed by atoms with Crippen LogP contribution >= 0.6 is 11.3 Å². The Morgan fingerprint density at radius 3 is 2.33 bits per heavy atom. The summed E-state index contributed by atoms with van der Waals surface area (Å²) in [6.45, 7) is 0. The first-order valence-corrected chi connectivity index (χ1v) is 12.5. The van der Waals surface area contributed by atoms with Gasteiger partial charge in [-0.2, -0.15) is 13.2 Å². The number of nitrogens with zero attached hydrogens (tertiary/aromatic N) is 1. The molecular weight excluding hydrogens is 527 g/mol. The van der Waals surface area contributed by atoms with Crippen molar-refractivity contribution in [1.82, 2.24) is 4.98 Å². The minimum atomic E-state index is -4.54. The number of anilines is 2. The van der Waals surface area contributed by atoms with Crippen LogP contribution in [0, 0.1) is 0 Å². The number of amides is 1. The minimum absolute atomic E-state index is 0.00438. The van der Waals surface area contributed by atoms with Crippen LogP contribution in [-0.4, -0.2) is 25.1 Å². The van der Waals surface area contributed by atoms with E-state index in [9.17, 15) is 18.0 Å². The second-order valence-corrected chi connectivity index (χ2v) is 9.55. The number of fused-ring (bicyclic) bond motifs is 1. The molecule has 0 saturated carbocycles. The number of halogens is 3. The topological polar surface area (TPSA) is 86.5 Å². The Kier molecular flexibility index (Phi) is 6.88. The molecule has 3 aromatic carbocycles. The van der Waals surface area contributed by atoms with E-state index < -0.39 is 17.6 Å². The van der Waals surface area contributed by atoms with Crippen LogP contribution in [0.25, 0.3) is 32.6 Å². The monoisotopic (exact) mass is 549 g/mol. The number of hydrogen-bond donors (Lipinski definition) is 2. The van der Waals surface area contributed by atoms with Gasteiger partial charge in [-0.05, 0) is 47.5 Å². The number of carbonyl (C=O) groups is 1. The fraction of sp³-hybridized carbons (Fsp3) is 0.103. The van der Waals surface area contributed by atoms with Crippen LogP contribution in [0.3, 0.4) is 0 Å². The van der Waals surface area contributed by atoms with Crippen molar-refractivity contribution in [2.45, 2.75) is 6.18 Å². The van der Waals surface area contributed by atoms with Gasteiger partial charge in [0.2, 0.25) is 0 Å². The Hall–Kier alpha value is -4.57. The Morgan fingerprint density at radius 1 is 0.897 bits per heavy atom. The molecule has 0 fully saturated rings. The van der Waals surface area contributed by atoms with Crippen molar-refractivity contribution in [1.29, 1.82) is 0 Å². The van der Waals surface area contributed by atoms with Crippen LogP contribution in [0.15, 0.2) is 78.9 Å². The SMILES string of the molecule is COc1ccc(-c2cc(-c3ccccc3)nc3sc(C(=O)Nc4cccc(C(F)(F)F)c4)c(N)c23)cc1OC. The molecule has 0 saturated heterocycles. The summed E-state index contributed by atoms with van der Waals surface area (Å²) < 4.78 is 50.3. The standard InChI is InChI=1S/C29H22F3N3O3S/c1-37-22-12-11-17(13-23(22)38-2)20-15-21(16-7-4-3-5-8-16)35-28-24(20)25(33)26(39-28)27(36)34-19-10-6-9-18(14-19)29(30,31)32/h3-15H,33H2,1-2H3,(H,34,36). The first kappa shape index (κ1) is 26.1. The zero-order chi connectivity index (χ0) is 27.7. The number of nitrogen functional groups attached to an aromatic ring is 1. The maximum Gasteiger partial charge on any atom is 0.416 e. The molecule has 2 aromatic heterocycles. The second-order valence-electron chi connectivity index (χ2n) is 8.55. The average molecular weight is 550 g/mol. The predicted molar refractivity (Wildman–Crippen MR) is 147 cm³/mol. The highest BCUT2D eigenvalue weighted by Crippen LogP contribution is 2.43. The smallest absolute Gasteiger partial charge is 0.416 e. The van der Waals surface area contributed by atoms with Crippen molar-refractivity contribution in [3.8, 4) is 33.9 Å². The van der Waals surface area contributed by atoms with E-state index in [0.29, 0.717) is 33.0 Å². The Morgan fingerprint density at radius 2 is 1.64 bits per heavy atom. The number of benzene rings is 3. The Balaban J connectivity index is 1.65. The van der Waals surface area contributed by atoms with Gasteiger partial charge in [0.25, 0.3) is 5.91 Å².